The zero-order valence-corrected chi connectivity index (χ0v) is 12.7. The summed E-state index contributed by atoms with van der Waals surface area (Å²) >= 11 is 0. The lowest BCUT2D eigenvalue weighted by Gasteiger charge is -2.12. The van der Waals surface area contributed by atoms with E-state index in [1.165, 1.54) is 24.4 Å². The number of carboxylic acids is 1. The standard InChI is InChI=1S/C18H12F3NO3/c19-18(20,21)10-25-12-4-1-3-11(9-12)13-6-7-15(17(23)24)16-14(13)5-2-8-22-16/h1-9H,10H2,(H,23,24). The van der Waals surface area contributed by atoms with Gasteiger partial charge in [-0.15, -0.1) is 0 Å². The van der Waals surface area contributed by atoms with Crippen molar-refractivity contribution < 1.29 is 27.8 Å². The maximum absolute atomic E-state index is 12.3. The van der Waals surface area contributed by atoms with Crippen molar-refractivity contribution in [2.24, 2.45) is 0 Å². The Bertz CT molecular complexity index is 938. The first kappa shape index (κ1) is 16.8. The highest BCUT2D eigenvalue weighted by atomic mass is 19.4. The van der Waals surface area contributed by atoms with Gasteiger partial charge in [-0.3, -0.25) is 4.98 Å². The summed E-state index contributed by atoms with van der Waals surface area (Å²) in [5, 5.41) is 9.86. The molecule has 0 amide bonds. The van der Waals surface area contributed by atoms with Crippen LogP contribution in [0.1, 0.15) is 10.4 Å². The van der Waals surface area contributed by atoms with Crippen molar-refractivity contribution in [2.75, 3.05) is 6.61 Å². The number of aromatic carboxylic acids is 1. The molecule has 128 valence electrons. The van der Waals surface area contributed by atoms with E-state index >= 15 is 0 Å². The molecule has 0 radical (unpaired) electrons. The summed E-state index contributed by atoms with van der Waals surface area (Å²) in [6.07, 6.45) is -2.93. The van der Waals surface area contributed by atoms with Gasteiger partial charge in [0.25, 0.3) is 0 Å². The van der Waals surface area contributed by atoms with Gasteiger partial charge in [-0.25, -0.2) is 4.79 Å². The molecule has 0 aliphatic heterocycles. The molecule has 0 bridgehead atoms. The Hall–Kier alpha value is -3.09. The molecule has 0 spiro atoms. The van der Waals surface area contributed by atoms with E-state index < -0.39 is 18.8 Å². The highest BCUT2D eigenvalue weighted by molar-refractivity contribution is 6.06. The Morgan fingerprint density at radius 2 is 1.92 bits per heavy atom. The Balaban J connectivity index is 2.05. The number of fused-ring (bicyclic) bond motifs is 1. The fraction of sp³-hybridized carbons (Fsp3) is 0.111. The van der Waals surface area contributed by atoms with Crippen molar-refractivity contribution in [3.63, 3.8) is 0 Å². The molecule has 1 heterocycles. The van der Waals surface area contributed by atoms with Gasteiger partial charge in [-0.05, 0) is 35.4 Å². The van der Waals surface area contributed by atoms with E-state index in [1.54, 1.807) is 30.3 Å². The van der Waals surface area contributed by atoms with Gasteiger partial charge in [0.15, 0.2) is 6.61 Å². The average Bonchev–Trinajstić information content (AvgIpc) is 2.58. The minimum Gasteiger partial charge on any atom is -0.484 e. The van der Waals surface area contributed by atoms with Crippen LogP contribution in [0.3, 0.4) is 0 Å². The first-order valence-electron chi connectivity index (χ1n) is 7.26. The largest absolute Gasteiger partial charge is 0.484 e. The van der Waals surface area contributed by atoms with Gasteiger partial charge in [-0.1, -0.05) is 24.3 Å². The van der Waals surface area contributed by atoms with Gasteiger partial charge in [-0.2, -0.15) is 13.2 Å². The van der Waals surface area contributed by atoms with Crippen LogP contribution in [0.15, 0.2) is 54.7 Å². The number of carbonyl (C=O) groups is 1. The quantitative estimate of drug-likeness (QED) is 0.753. The second-order valence-corrected chi connectivity index (χ2v) is 5.30. The number of rotatable bonds is 4. The predicted octanol–water partition coefficient (Wildman–Crippen LogP) is 4.54. The summed E-state index contributed by atoms with van der Waals surface area (Å²) in [5.74, 6) is -1.02. The molecule has 0 saturated heterocycles. The van der Waals surface area contributed by atoms with E-state index in [9.17, 15) is 23.1 Å². The minimum atomic E-state index is -4.42. The molecule has 0 aliphatic carbocycles. The number of alkyl halides is 3. The number of benzene rings is 2. The van der Waals surface area contributed by atoms with Crippen molar-refractivity contribution in [3.8, 4) is 16.9 Å². The monoisotopic (exact) mass is 347 g/mol. The molecule has 3 rings (SSSR count). The lowest BCUT2D eigenvalue weighted by atomic mass is 9.98. The van der Waals surface area contributed by atoms with Crippen molar-refractivity contribution in [2.45, 2.75) is 6.18 Å². The fourth-order valence-electron chi connectivity index (χ4n) is 2.52. The van der Waals surface area contributed by atoms with E-state index in [4.69, 9.17) is 4.74 Å². The van der Waals surface area contributed by atoms with Gasteiger partial charge in [0.05, 0.1) is 11.1 Å². The maximum Gasteiger partial charge on any atom is 0.422 e. The van der Waals surface area contributed by atoms with Crippen LogP contribution in [0.25, 0.3) is 22.0 Å². The lowest BCUT2D eigenvalue weighted by molar-refractivity contribution is -0.153. The van der Waals surface area contributed by atoms with E-state index in [0.717, 1.165) is 0 Å². The van der Waals surface area contributed by atoms with Crippen LogP contribution in [0.4, 0.5) is 13.2 Å². The van der Waals surface area contributed by atoms with Crippen LogP contribution < -0.4 is 4.74 Å². The first-order valence-corrected chi connectivity index (χ1v) is 7.26. The van der Waals surface area contributed by atoms with Crippen molar-refractivity contribution in [1.29, 1.82) is 0 Å². The molecule has 0 aliphatic rings. The number of halogens is 3. The highest BCUT2D eigenvalue weighted by Crippen LogP contribution is 2.32. The molecule has 4 nitrogen and oxygen atoms in total. The maximum atomic E-state index is 12.3. The molecular formula is C18H12F3NO3. The highest BCUT2D eigenvalue weighted by Gasteiger charge is 2.28. The third-order valence-corrected chi connectivity index (χ3v) is 3.55. The topological polar surface area (TPSA) is 59.4 Å². The van der Waals surface area contributed by atoms with Gasteiger partial charge >= 0.3 is 12.1 Å². The van der Waals surface area contributed by atoms with Crippen LogP contribution >= 0.6 is 0 Å². The van der Waals surface area contributed by atoms with Crippen LogP contribution in [0.5, 0.6) is 5.75 Å². The Kier molecular flexibility index (Phi) is 4.31. The number of ether oxygens (including phenoxy) is 1. The zero-order valence-electron chi connectivity index (χ0n) is 12.7. The summed E-state index contributed by atoms with van der Waals surface area (Å²) in [4.78, 5) is 15.4. The predicted molar refractivity (Wildman–Crippen MR) is 85.7 cm³/mol. The molecular weight excluding hydrogens is 335 g/mol. The van der Waals surface area contributed by atoms with Crippen LogP contribution in [0, 0.1) is 0 Å². The Morgan fingerprint density at radius 3 is 2.64 bits per heavy atom. The van der Waals surface area contributed by atoms with Crippen molar-refractivity contribution in [1.82, 2.24) is 4.98 Å². The fourth-order valence-corrected chi connectivity index (χ4v) is 2.52. The average molecular weight is 347 g/mol. The SMILES string of the molecule is O=C(O)c1ccc(-c2cccc(OCC(F)(F)F)c2)c2cccnc12. The van der Waals surface area contributed by atoms with Gasteiger partial charge in [0.2, 0.25) is 0 Å². The molecule has 0 saturated carbocycles. The number of aromatic nitrogens is 1. The first-order chi connectivity index (χ1) is 11.8. The molecule has 2 aromatic carbocycles. The number of carboxylic acid groups (broad SMARTS) is 1. The molecule has 25 heavy (non-hydrogen) atoms. The van der Waals surface area contributed by atoms with Crippen molar-refractivity contribution >= 4 is 16.9 Å². The van der Waals surface area contributed by atoms with Crippen LogP contribution in [0.2, 0.25) is 0 Å². The van der Waals surface area contributed by atoms with Crippen molar-refractivity contribution in [3.05, 3.63) is 60.3 Å². The van der Waals surface area contributed by atoms with E-state index in [0.29, 0.717) is 22.0 Å². The van der Waals surface area contributed by atoms with Gasteiger partial charge in [0, 0.05) is 11.6 Å². The Labute approximate surface area is 140 Å². The molecule has 0 atom stereocenters. The second kappa shape index (κ2) is 6.43. The van der Waals surface area contributed by atoms with Gasteiger partial charge in [0.1, 0.15) is 5.75 Å². The number of nitrogens with zero attached hydrogens (tertiary/aromatic N) is 1. The summed E-state index contributed by atoms with van der Waals surface area (Å²) in [7, 11) is 0. The van der Waals surface area contributed by atoms with Gasteiger partial charge < -0.3 is 9.84 Å². The molecule has 1 N–H and O–H groups in total. The number of pyridine rings is 1. The summed E-state index contributed by atoms with van der Waals surface area (Å²) in [6.45, 7) is -1.38. The van der Waals surface area contributed by atoms with E-state index in [2.05, 4.69) is 4.98 Å². The normalized spacial score (nSPS) is 11.5. The smallest absolute Gasteiger partial charge is 0.422 e. The number of hydrogen-bond donors (Lipinski definition) is 1. The van der Waals surface area contributed by atoms with Crippen LogP contribution in [-0.4, -0.2) is 28.8 Å². The molecule has 7 heteroatoms. The Morgan fingerprint density at radius 1 is 1.12 bits per heavy atom. The third kappa shape index (κ3) is 3.71. The number of hydrogen-bond acceptors (Lipinski definition) is 3. The van der Waals surface area contributed by atoms with Crippen LogP contribution in [-0.2, 0) is 0 Å². The zero-order chi connectivity index (χ0) is 18.0. The van der Waals surface area contributed by atoms with E-state index in [-0.39, 0.29) is 11.3 Å². The summed E-state index contributed by atoms with van der Waals surface area (Å²) in [5.41, 5.74) is 1.64. The third-order valence-electron chi connectivity index (χ3n) is 3.55. The molecule has 1 aromatic heterocycles. The molecule has 0 fully saturated rings. The summed E-state index contributed by atoms with van der Waals surface area (Å²) in [6, 6.07) is 12.6. The molecule has 3 aromatic rings. The van der Waals surface area contributed by atoms with E-state index in [1.807, 2.05) is 0 Å². The minimum absolute atomic E-state index is 0.0591. The lowest BCUT2D eigenvalue weighted by Crippen LogP contribution is -2.19. The molecule has 0 unspecified atom stereocenters. The summed E-state index contributed by atoms with van der Waals surface area (Å²) < 4.78 is 41.7. The second-order valence-electron chi connectivity index (χ2n) is 5.30.